The molecule has 2 aromatic carbocycles. The molecular formula is C17H15NO2S. The molecule has 1 heterocycles. The molecule has 0 fully saturated rings. The van der Waals surface area contributed by atoms with Crippen molar-refractivity contribution in [1.29, 1.82) is 0 Å². The predicted octanol–water partition coefficient (Wildman–Crippen LogP) is 4.38. The van der Waals surface area contributed by atoms with Gasteiger partial charge in [-0.3, -0.25) is 4.79 Å². The van der Waals surface area contributed by atoms with Gasteiger partial charge in [0.1, 0.15) is 6.61 Å². The Kier molecular flexibility index (Phi) is 3.97. The van der Waals surface area contributed by atoms with Gasteiger partial charge in [-0.1, -0.05) is 48.2 Å². The fourth-order valence-corrected chi connectivity index (χ4v) is 3.20. The van der Waals surface area contributed by atoms with E-state index >= 15 is 0 Å². The Morgan fingerprint density at radius 1 is 1.10 bits per heavy atom. The first-order valence-corrected chi connectivity index (χ1v) is 7.51. The lowest BCUT2D eigenvalue weighted by atomic mass is 10.2. The van der Waals surface area contributed by atoms with Crippen LogP contribution in [-0.4, -0.2) is 11.0 Å². The first-order chi connectivity index (χ1) is 10.2. The molecule has 0 atom stereocenters. The van der Waals surface area contributed by atoms with Gasteiger partial charge in [0.05, 0.1) is 0 Å². The highest BCUT2D eigenvalue weighted by Gasteiger charge is 2.09. The van der Waals surface area contributed by atoms with E-state index in [-0.39, 0.29) is 5.97 Å². The maximum Gasteiger partial charge on any atom is 0.302 e. The Morgan fingerprint density at radius 2 is 1.86 bits per heavy atom. The van der Waals surface area contributed by atoms with Crippen molar-refractivity contribution in [2.45, 2.75) is 23.3 Å². The summed E-state index contributed by atoms with van der Waals surface area (Å²) in [7, 11) is 0. The van der Waals surface area contributed by atoms with E-state index in [2.05, 4.69) is 17.1 Å². The molecule has 0 aliphatic rings. The molecule has 0 aliphatic heterocycles. The van der Waals surface area contributed by atoms with Crippen molar-refractivity contribution in [3.63, 3.8) is 0 Å². The van der Waals surface area contributed by atoms with Gasteiger partial charge in [0.15, 0.2) is 0 Å². The van der Waals surface area contributed by atoms with Crippen molar-refractivity contribution < 1.29 is 9.53 Å². The number of carbonyl (C=O) groups is 1. The second-order valence-electron chi connectivity index (χ2n) is 4.69. The van der Waals surface area contributed by atoms with Crippen LogP contribution in [0.5, 0.6) is 0 Å². The van der Waals surface area contributed by atoms with E-state index < -0.39 is 0 Å². The monoisotopic (exact) mass is 297 g/mol. The second-order valence-corrected chi connectivity index (χ2v) is 5.77. The van der Waals surface area contributed by atoms with E-state index in [1.54, 1.807) is 11.8 Å². The molecule has 3 rings (SSSR count). The van der Waals surface area contributed by atoms with Gasteiger partial charge in [-0.25, -0.2) is 0 Å². The molecule has 0 aliphatic carbocycles. The third-order valence-electron chi connectivity index (χ3n) is 3.17. The van der Waals surface area contributed by atoms with Crippen LogP contribution in [0.15, 0.2) is 64.5 Å². The number of esters is 1. The van der Waals surface area contributed by atoms with Crippen LogP contribution in [0.1, 0.15) is 12.5 Å². The zero-order chi connectivity index (χ0) is 14.7. The van der Waals surface area contributed by atoms with Gasteiger partial charge in [0.2, 0.25) is 0 Å². The second kappa shape index (κ2) is 6.06. The van der Waals surface area contributed by atoms with Crippen LogP contribution in [0.3, 0.4) is 0 Å². The van der Waals surface area contributed by atoms with E-state index in [9.17, 15) is 4.79 Å². The Morgan fingerprint density at radius 3 is 2.71 bits per heavy atom. The number of benzene rings is 2. The molecule has 0 amide bonds. The number of fused-ring (bicyclic) bond motifs is 1. The van der Waals surface area contributed by atoms with Crippen molar-refractivity contribution in [2.75, 3.05) is 0 Å². The average molecular weight is 297 g/mol. The molecule has 0 unspecified atom stereocenters. The highest BCUT2D eigenvalue weighted by molar-refractivity contribution is 7.99. The number of hydrogen-bond acceptors (Lipinski definition) is 3. The zero-order valence-corrected chi connectivity index (χ0v) is 12.4. The van der Waals surface area contributed by atoms with Gasteiger partial charge < -0.3 is 9.72 Å². The third kappa shape index (κ3) is 3.11. The van der Waals surface area contributed by atoms with Gasteiger partial charge in [-0.05, 0) is 12.1 Å². The summed E-state index contributed by atoms with van der Waals surface area (Å²) >= 11 is 1.68. The predicted molar refractivity (Wildman–Crippen MR) is 84.3 cm³/mol. The number of aromatic nitrogens is 1. The Bertz CT molecular complexity index is 779. The Hall–Kier alpha value is -2.20. The Labute approximate surface area is 127 Å². The van der Waals surface area contributed by atoms with Gasteiger partial charge >= 0.3 is 5.97 Å². The van der Waals surface area contributed by atoms with Crippen molar-refractivity contribution in [3.05, 3.63) is 60.3 Å². The number of nitrogens with one attached hydrogen (secondary N) is 1. The molecule has 4 heteroatoms. The molecule has 1 aromatic heterocycles. The van der Waals surface area contributed by atoms with Crippen LogP contribution in [0.4, 0.5) is 0 Å². The summed E-state index contributed by atoms with van der Waals surface area (Å²) in [6.45, 7) is 1.73. The lowest BCUT2D eigenvalue weighted by Gasteiger charge is -2.08. The molecule has 1 N–H and O–H groups in total. The number of para-hydroxylation sites is 1. The van der Waals surface area contributed by atoms with Crippen LogP contribution < -0.4 is 0 Å². The summed E-state index contributed by atoms with van der Waals surface area (Å²) in [4.78, 5) is 16.5. The summed E-state index contributed by atoms with van der Waals surface area (Å²) in [5.41, 5.74) is 2.14. The SMILES string of the molecule is CC(=O)OCc1ccccc1Sc1c[nH]c2ccccc12. The van der Waals surface area contributed by atoms with Crippen LogP contribution in [0.25, 0.3) is 10.9 Å². The molecule has 0 saturated carbocycles. The van der Waals surface area contributed by atoms with Crippen molar-refractivity contribution in [1.82, 2.24) is 4.98 Å². The molecule has 0 radical (unpaired) electrons. The van der Waals surface area contributed by atoms with Crippen LogP contribution >= 0.6 is 11.8 Å². The number of carbonyl (C=O) groups excluding carboxylic acids is 1. The molecule has 3 aromatic rings. The lowest BCUT2D eigenvalue weighted by Crippen LogP contribution is -1.99. The first kappa shape index (κ1) is 13.8. The molecule has 0 saturated heterocycles. The maximum absolute atomic E-state index is 11.0. The van der Waals surface area contributed by atoms with Gasteiger partial charge in [0.25, 0.3) is 0 Å². The minimum atomic E-state index is -0.262. The number of aromatic amines is 1. The topological polar surface area (TPSA) is 42.1 Å². The van der Waals surface area contributed by atoms with Gasteiger partial charge in [-0.2, -0.15) is 0 Å². The van der Waals surface area contributed by atoms with Gasteiger partial charge in [0, 0.05) is 39.4 Å². The van der Waals surface area contributed by atoms with Crippen LogP contribution in [-0.2, 0) is 16.1 Å². The smallest absolute Gasteiger partial charge is 0.302 e. The number of ether oxygens (including phenoxy) is 1. The van der Waals surface area contributed by atoms with Gasteiger partial charge in [-0.15, -0.1) is 0 Å². The quantitative estimate of drug-likeness (QED) is 0.727. The van der Waals surface area contributed by atoms with E-state index in [0.29, 0.717) is 6.61 Å². The van der Waals surface area contributed by atoms with E-state index in [1.165, 1.54) is 17.2 Å². The molecule has 3 nitrogen and oxygen atoms in total. The van der Waals surface area contributed by atoms with Crippen LogP contribution in [0, 0.1) is 0 Å². The molecule has 21 heavy (non-hydrogen) atoms. The summed E-state index contributed by atoms with van der Waals surface area (Å²) < 4.78 is 5.12. The summed E-state index contributed by atoms with van der Waals surface area (Å²) in [5, 5.41) is 1.20. The molecular weight excluding hydrogens is 282 g/mol. The minimum Gasteiger partial charge on any atom is -0.461 e. The average Bonchev–Trinajstić information content (AvgIpc) is 2.90. The summed E-state index contributed by atoms with van der Waals surface area (Å²) in [5.74, 6) is -0.262. The minimum absolute atomic E-state index is 0.262. The Balaban J connectivity index is 1.89. The van der Waals surface area contributed by atoms with Crippen molar-refractivity contribution in [2.24, 2.45) is 0 Å². The number of H-pyrrole nitrogens is 1. The largest absolute Gasteiger partial charge is 0.461 e. The summed E-state index contributed by atoms with van der Waals surface area (Å²) in [6.07, 6.45) is 2.01. The normalized spacial score (nSPS) is 10.7. The highest BCUT2D eigenvalue weighted by Crippen LogP contribution is 2.35. The zero-order valence-electron chi connectivity index (χ0n) is 11.6. The molecule has 0 spiro atoms. The lowest BCUT2D eigenvalue weighted by molar-refractivity contribution is -0.142. The van der Waals surface area contributed by atoms with E-state index in [0.717, 1.165) is 16.0 Å². The first-order valence-electron chi connectivity index (χ1n) is 6.69. The molecule has 0 bridgehead atoms. The standard InChI is InChI=1S/C17H15NO2S/c1-12(19)20-11-13-6-2-5-9-16(13)21-17-10-18-15-8-4-3-7-14(15)17/h2-10,18H,11H2,1H3. The fraction of sp³-hybridized carbons (Fsp3) is 0.118. The van der Waals surface area contributed by atoms with Crippen molar-refractivity contribution in [3.8, 4) is 0 Å². The van der Waals surface area contributed by atoms with E-state index in [4.69, 9.17) is 4.74 Å². The number of hydrogen-bond donors (Lipinski definition) is 1. The van der Waals surface area contributed by atoms with Crippen LogP contribution in [0.2, 0.25) is 0 Å². The number of rotatable bonds is 4. The fourth-order valence-electron chi connectivity index (χ4n) is 2.15. The van der Waals surface area contributed by atoms with Crippen molar-refractivity contribution >= 4 is 28.6 Å². The highest BCUT2D eigenvalue weighted by atomic mass is 32.2. The summed E-state index contributed by atoms with van der Waals surface area (Å²) in [6, 6.07) is 16.2. The third-order valence-corrected chi connectivity index (χ3v) is 4.35. The molecule has 106 valence electrons. The van der Waals surface area contributed by atoms with E-state index in [1.807, 2.05) is 42.6 Å². The maximum atomic E-state index is 11.0.